The Hall–Kier alpha value is -1.88. The van der Waals surface area contributed by atoms with Gasteiger partial charge in [-0.25, -0.2) is 0 Å². The minimum Gasteiger partial charge on any atom is -0.487 e. The lowest BCUT2D eigenvalue weighted by molar-refractivity contribution is 0.299. The molecule has 5 nitrogen and oxygen atoms in total. The van der Waals surface area contributed by atoms with Gasteiger partial charge in [0.1, 0.15) is 18.1 Å². The first-order chi connectivity index (χ1) is 10.1. The molecule has 2 rings (SSSR count). The van der Waals surface area contributed by atoms with Crippen LogP contribution in [0.15, 0.2) is 24.4 Å². The van der Waals surface area contributed by atoms with Crippen LogP contribution >= 0.6 is 0 Å². The first kappa shape index (κ1) is 15.5. The van der Waals surface area contributed by atoms with Gasteiger partial charge in [-0.15, -0.1) is 5.10 Å². The Balaban J connectivity index is 1.98. The largest absolute Gasteiger partial charge is 0.487 e. The number of hydrogen-bond donors (Lipinski definition) is 1. The van der Waals surface area contributed by atoms with Gasteiger partial charge in [-0.05, 0) is 44.0 Å². The Morgan fingerprint density at radius 2 is 2.19 bits per heavy atom. The van der Waals surface area contributed by atoms with E-state index in [4.69, 9.17) is 4.74 Å². The molecule has 1 unspecified atom stereocenters. The fraction of sp³-hybridized carbons (Fsp3) is 0.500. The summed E-state index contributed by atoms with van der Waals surface area (Å²) in [6, 6.07) is 6.69. The van der Waals surface area contributed by atoms with E-state index < -0.39 is 0 Å². The molecule has 0 aliphatic heterocycles. The molecular weight excluding hydrogens is 264 g/mol. The molecule has 1 atom stereocenters. The predicted octanol–water partition coefficient (Wildman–Crippen LogP) is 2.76. The minimum absolute atomic E-state index is 0.359. The smallest absolute Gasteiger partial charge is 0.134 e. The third-order valence-electron chi connectivity index (χ3n) is 3.43. The van der Waals surface area contributed by atoms with Crippen molar-refractivity contribution in [2.75, 3.05) is 6.54 Å². The van der Waals surface area contributed by atoms with E-state index in [1.54, 1.807) is 4.68 Å². The van der Waals surface area contributed by atoms with E-state index in [0.717, 1.165) is 30.0 Å². The number of nitrogens with zero attached hydrogens (tertiary/aromatic N) is 3. The van der Waals surface area contributed by atoms with Crippen LogP contribution in [0.2, 0.25) is 0 Å². The maximum atomic E-state index is 5.82. The van der Waals surface area contributed by atoms with Crippen molar-refractivity contribution in [3.8, 4) is 5.75 Å². The van der Waals surface area contributed by atoms with E-state index in [9.17, 15) is 0 Å². The summed E-state index contributed by atoms with van der Waals surface area (Å²) in [6.45, 7) is 7.91. The Bertz CT molecular complexity index is 579. The van der Waals surface area contributed by atoms with Gasteiger partial charge in [0.2, 0.25) is 0 Å². The second-order valence-electron chi connectivity index (χ2n) is 5.37. The van der Waals surface area contributed by atoms with Crippen LogP contribution in [0, 0.1) is 6.92 Å². The van der Waals surface area contributed by atoms with E-state index in [1.807, 2.05) is 19.3 Å². The molecule has 1 aromatic carbocycles. The summed E-state index contributed by atoms with van der Waals surface area (Å²) in [6.07, 6.45) is 3.00. The summed E-state index contributed by atoms with van der Waals surface area (Å²) < 4.78 is 7.49. The molecule has 0 aliphatic rings. The number of aromatic nitrogens is 3. The average molecular weight is 288 g/mol. The average Bonchev–Trinajstić information content (AvgIpc) is 2.89. The number of aryl methyl sites for hydroxylation is 2. The van der Waals surface area contributed by atoms with Crippen LogP contribution in [0.5, 0.6) is 5.75 Å². The first-order valence-electron chi connectivity index (χ1n) is 7.42. The third-order valence-corrected chi connectivity index (χ3v) is 3.43. The van der Waals surface area contributed by atoms with Crippen molar-refractivity contribution in [1.29, 1.82) is 0 Å². The van der Waals surface area contributed by atoms with Gasteiger partial charge >= 0.3 is 0 Å². The topological polar surface area (TPSA) is 52.0 Å². The fourth-order valence-electron chi connectivity index (χ4n) is 2.20. The summed E-state index contributed by atoms with van der Waals surface area (Å²) in [5.74, 6) is 0.895. The van der Waals surface area contributed by atoms with Crippen LogP contribution in [0.25, 0.3) is 0 Å². The highest BCUT2D eigenvalue weighted by Crippen LogP contribution is 2.23. The van der Waals surface area contributed by atoms with Gasteiger partial charge in [0.15, 0.2) is 0 Å². The molecule has 0 radical (unpaired) electrons. The lowest BCUT2D eigenvalue weighted by atomic mass is 10.0. The van der Waals surface area contributed by atoms with Crippen molar-refractivity contribution in [1.82, 2.24) is 20.3 Å². The highest BCUT2D eigenvalue weighted by atomic mass is 16.5. The molecule has 0 bridgehead atoms. The van der Waals surface area contributed by atoms with Crippen molar-refractivity contribution in [3.05, 3.63) is 41.2 Å². The molecule has 0 aliphatic carbocycles. The molecule has 21 heavy (non-hydrogen) atoms. The molecule has 0 saturated heterocycles. The third kappa shape index (κ3) is 4.29. The molecule has 1 aromatic heterocycles. The van der Waals surface area contributed by atoms with Crippen molar-refractivity contribution < 1.29 is 4.74 Å². The predicted molar refractivity (Wildman–Crippen MR) is 83.2 cm³/mol. The van der Waals surface area contributed by atoms with Gasteiger partial charge in [-0.1, -0.05) is 24.3 Å². The second-order valence-corrected chi connectivity index (χ2v) is 5.37. The van der Waals surface area contributed by atoms with Crippen LogP contribution < -0.4 is 10.1 Å². The Labute approximate surface area is 126 Å². The second kappa shape index (κ2) is 7.22. The number of nitrogens with one attached hydrogen (secondary N) is 1. The zero-order chi connectivity index (χ0) is 15.2. The zero-order valence-corrected chi connectivity index (χ0v) is 13.3. The maximum absolute atomic E-state index is 5.82. The zero-order valence-electron chi connectivity index (χ0n) is 13.3. The van der Waals surface area contributed by atoms with E-state index in [0.29, 0.717) is 12.6 Å². The Morgan fingerprint density at radius 3 is 2.81 bits per heavy atom. The number of rotatable bonds is 7. The SMILES string of the molecule is CCCNC(C)c1ccc(OCc2cn(C)nn2)c(C)c1. The first-order valence-corrected chi connectivity index (χ1v) is 7.42. The molecule has 5 heteroatoms. The van der Waals surface area contributed by atoms with Crippen molar-refractivity contribution in [2.45, 2.75) is 39.8 Å². The molecule has 1 N–H and O–H groups in total. The van der Waals surface area contributed by atoms with Gasteiger partial charge in [-0.3, -0.25) is 4.68 Å². The van der Waals surface area contributed by atoms with Crippen molar-refractivity contribution >= 4 is 0 Å². The van der Waals surface area contributed by atoms with Crippen LogP contribution in [0.4, 0.5) is 0 Å². The minimum atomic E-state index is 0.359. The van der Waals surface area contributed by atoms with E-state index in [-0.39, 0.29) is 0 Å². The van der Waals surface area contributed by atoms with Gasteiger partial charge in [0, 0.05) is 13.1 Å². The Morgan fingerprint density at radius 1 is 1.38 bits per heavy atom. The summed E-state index contributed by atoms with van der Waals surface area (Å²) in [5, 5.41) is 11.4. The van der Waals surface area contributed by atoms with Crippen LogP contribution in [0.1, 0.15) is 43.1 Å². The Kier molecular flexibility index (Phi) is 5.33. The molecule has 114 valence electrons. The number of hydrogen-bond acceptors (Lipinski definition) is 4. The number of benzene rings is 1. The van der Waals surface area contributed by atoms with Gasteiger partial charge in [-0.2, -0.15) is 0 Å². The molecule has 1 heterocycles. The standard InChI is InChI=1S/C16H24N4O/c1-5-8-17-13(3)14-6-7-16(12(2)9-14)21-11-15-10-20(4)19-18-15/h6-7,9-10,13,17H,5,8,11H2,1-4H3. The maximum Gasteiger partial charge on any atom is 0.134 e. The van der Waals surface area contributed by atoms with E-state index in [1.165, 1.54) is 5.56 Å². The van der Waals surface area contributed by atoms with Crippen LogP contribution in [0.3, 0.4) is 0 Å². The van der Waals surface area contributed by atoms with Gasteiger partial charge in [0.05, 0.1) is 6.20 Å². The molecule has 0 spiro atoms. The summed E-state index contributed by atoms with van der Waals surface area (Å²) >= 11 is 0. The fourth-order valence-corrected chi connectivity index (χ4v) is 2.20. The van der Waals surface area contributed by atoms with Gasteiger partial charge < -0.3 is 10.1 Å². The van der Waals surface area contributed by atoms with Crippen LogP contribution in [-0.2, 0) is 13.7 Å². The summed E-state index contributed by atoms with van der Waals surface area (Å²) in [7, 11) is 1.85. The van der Waals surface area contributed by atoms with Crippen LogP contribution in [-0.4, -0.2) is 21.5 Å². The molecular formula is C16H24N4O. The lowest BCUT2D eigenvalue weighted by Gasteiger charge is -2.16. The summed E-state index contributed by atoms with van der Waals surface area (Å²) in [4.78, 5) is 0. The van der Waals surface area contributed by atoms with Crippen molar-refractivity contribution in [2.24, 2.45) is 7.05 Å². The van der Waals surface area contributed by atoms with Gasteiger partial charge in [0.25, 0.3) is 0 Å². The van der Waals surface area contributed by atoms with E-state index >= 15 is 0 Å². The molecule has 0 amide bonds. The monoisotopic (exact) mass is 288 g/mol. The molecule has 0 fully saturated rings. The van der Waals surface area contributed by atoms with E-state index in [2.05, 4.69) is 48.5 Å². The highest BCUT2D eigenvalue weighted by molar-refractivity contribution is 5.37. The highest BCUT2D eigenvalue weighted by Gasteiger charge is 2.08. The quantitative estimate of drug-likeness (QED) is 0.851. The number of ether oxygens (including phenoxy) is 1. The molecule has 2 aromatic rings. The molecule has 0 saturated carbocycles. The van der Waals surface area contributed by atoms with Crippen molar-refractivity contribution in [3.63, 3.8) is 0 Å². The lowest BCUT2D eigenvalue weighted by Crippen LogP contribution is -2.19. The summed E-state index contributed by atoms with van der Waals surface area (Å²) in [5.41, 5.74) is 3.26. The normalized spacial score (nSPS) is 12.4.